The molecule has 0 bridgehead atoms. The van der Waals surface area contributed by atoms with Crippen LogP contribution in [0.25, 0.3) is 10.8 Å². The lowest BCUT2D eigenvalue weighted by molar-refractivity contribution is -0.149. The van der Waals surface area contributed by atoms with Gasteiger partial charge in [0.05, 0.1) is 6.04 Å². The van der Waals surface area contributed by atoms with Gasteiger partial charge >= 0.3 is 5.97 Å². The number of amides is 1. The first-order chi connectivity index (χ1) is 11.5. The van der Waals surface area contributed by atoms with E-state index in [9.17, 15) is 9.59 Å². The van der Waals surface area contributed by atoms with Crippen molar-refractivity contribution in [3.8, 4) is 0 Å². The maximum Gasteiger partial charge on any atom is 0.306 e. The lowest BCUT2D eigenvalue weighted by Gasteiger charge is -2.16. The number of carbonyl (C=O) groups excluding carboxylic acids is 2. The smallest absolute Gasteiger partial charge is 0.306 e. The summed E-state index contributed by atoms with van der Waals surface area (Å²) >= 11 is 0. The lowest BCUT2D eigenvalue weighted by Crippen LogP contribution is -2.31. The van der Waals surface area contributed by atoms with Crippen LogP contribution in [0, 0.1) is 5.92 Å². The zero-order chi connectivity index (χ0) is 17.5. The molecule has 0 aliphatic rings. The van der Waals surface area contributed by atoms with Gasteiger partial charge in [-0.1, -0.05) is 56.3 Å². The van der Waals surface area contributed by atoms with Crippen LogP contribution in [-0.4, -0.2) is 18.5 Å². The van der Waals surface area contributed by atoms with Crippen molar-refractivity contribution in [1.82, 2.24) is 5.32 Å². The van der Waals surface area contributed by atoms with E-state index in [4.69, 9.17) is 4.74 Å². The third kappa shape index (κ3) is 5.08. The number of hydrogen-bond donors (Lipinski definition) is 1. The molecule has 2 aromatic carbocycles. The molecule has 2 aromatic rings. The van der Waals surface area contributed by atoms with Crippen molar-refractivity contribution in [1.29, 1.82) is 0 Å². The Kier molecular flexibility index (Phi) is 6.36. The highest BCUT2D eigenvalue weighted by molar-refractivity contribution is 5.87. The molecular formula is C20H25NO3. The van der Waals surface area contributed by atoms with Gasteiger partial charge in [-0.3, -0.25) is 9.59 Å². The lowest BCUT2D eigenvalue weighted by atomic mass is 10.00. The molecule has 2 rings (SSSR count). The van der Waals surface area contributed by atoms with E-state index in [0.717, 1.165) is 22.8 Å². The highest BCUT2D eigenvalue weighted by atomic mass is 16.5. The average molecular weight is 327 g/mol. The zero-order valence-electron chi connectivity index (χ0n) is 14.5. The van der Waals surface area contributed by atoms with E-state index in [2.05, 4.69) is 5.32 Å². The van der Waals surface area contributed by atoms with Gasteiger partial charge in [-0.25, -0.2) is 0 Å². The van der Waals surface area contributed by atoms with E-state index in [-0.39, 0.29) is 24.5 Å². The molecule has 0 saturated heterocycles. The van der Waals surface area contributed by atoms with Gasteiger partial charge < -0.3 is 10.1 Å². The highest BCUT2D eigenvalue weighted by Gasteiger charge is 2.14. The van der Waals surface area contributed by atoms with Gasteiger partial charge in [0.2, 0.25) is 0 Å². The summed E-state index contributed by atoms with van der Waals surface area (Å²) in [6, 6.07) is 13.9. The van der Waals surface area contributed by atoms with Crippen molar-refractivity contribution in [3.05, 3.63) is 48.0 Å². The van der Waals surface area contributed by atoms with E-state index in [1.165, 1.54) is 0 Å². The Bertz CT molecular complexity index is 704. The summed E-state index contributed by atoms with van der Waals surface area (Å²) in [5.74, 6) is -0.164. The standard InChI is InChI=1S/C20H25NO3/c1-14(2)11-12-20(23)24-13-19(22)21-15(3)17-10-6-8-16-7-4-5-9-18(16)17/h4-10,14-15H,11-13H2,1-3H3,(H,21,22)/t15-/m1/s1. The topological polar surface area (TPSA) is 55.4 Å². The molecule has 0 aliphatic heterocycles. The van der Waals surface area contributed by atoms with Crippen molar-refractivity contribution < 1.29 is 14.3 Å². The quantitative estimate of drug-likeness (QED) is 0.782. The molecule has 0 spiro atoms. The molecule has 0 fully saturated rings. The van der Waals surface area contributed by atoms with Gasteiger partial charge in [-0.2, -0.15) is 0 Å². The Balaban J connectivity index is 1.90. The minimum Gasteiger partial charge on any atom is -0.456 e. The fraction of sp³-hybridized carbons (Fsp3) is 0.400. The Morgan fingerprint density at radius 3 is 2.50 bits per heavy atom. The van der Waals surface area contributed by atoms with Crippen LogP contribution in [-0.2, 0) is 14.3 Å². The summed E-state index contributed by atoms with van der Waals surface area (Å²) < 4.78 is 5.03. The predicted octanol–water partition coefficient (Wildman–Crippen LogP) is 4.00. The van der Waals surface area contributed by atoms with Gasteiger partial charge in [-0.15, -0.1) is 0 Å². The summed E-state index contributed by atoms with van der Waals surface area (Å²) in [7, 11) is 0. The fourth-order valence-corrected chi connectivity index (χ4v) is 2.61. The highest BCUT2D eigenvalue weighted by Crippen LogP contribution is 2.23. The molecule has 0 heterocycles. The summed E-state index contributed by atoms with van der Waals surface area (Å²) in [6.45, 7) is 5.80. The van der Waals surface area contributed by atoms with E-state index >= 15 is 0 Å². The second-order valence-electron chi connectivity index (χ2n) is 6.45. The molecule has 0 aromatic heterocycles. The minimum atomic E-state index is -0.323. The van der Waals surface area contributed by atoms with Gasteiger partial charge in [0.15, 0.2) is 6.61 Å². The monoisotopic (exact) mass is 327 g/mol. The Morgan fingerprint density at radius 2 is 1.75 bits per heavy atom. The normalized spacial score (nSPS) is 12.2. The molecule has 0 aliphatic carbocycles. The molecule has 0 saturated carbocycles. The van der Waals surface area contributed by atoms with Gasteiger partial charge in [0.25, 0.3) is 5.91 Å². The van der Waals surface area contributed by atoms with Crippen LogP contribution in [0.2, 0.25) is 0 Å². The van der Waals surface area contributed by atoms with Crippen molar-refractivity contribution in [2.45, 2.75) is 39.7 Å². The maximum atomic E-state index is 12.0. The number of ether oxygens (including phenoxy) is 1. The third-order valence-corrected chi connectivity index (χ3v) is 3.96. The van der Waals surface area contributed by atoms with E-state index in [1.54, 1.807) is 0 Å². The molecule has 128 valence electrons. The minimum absolute atomic E-state index is 0.155. The molecule has 24 heavy (non-hydrogen) atoms. The largest absolute Gasteiger partial charge is 0.456 e. The number of nitrogens with one attached hydrogen (secondary N) is 1. The number of carbonyl (C=O) groups is 2. The second kappa shape index (κ2) is 8.48. The van der Waals surface area contributed by atoms with E-state index in [1.807, 2.05) is 63.2 Å². The van der Waals surface area contributed by atoms with Crippen LogP contribution < -0.4 is 5.32 Å². The summed E-state index contributed by atoms with van der Waals surface area (Å²) in [5.41, 5.74) is 1.05. The van der Waals surface area contributed by atoms with Crippen LogP contribution in [0.1, 0.15) is 45.2 Å². The molecule has 1 atom stereocenters. The molecular weight excluding hydrogens is 302 g/mol. The van der Waals surface area contributed by atoms with Crippen LogP contribution in [0.15, 0.2) is 42.5 Å². The first kappa shape index (κ1) is 18.0. The molecule has 4 nitrogen and oxygen atoms in total. The summed E-state index contributed by atoms with van der Waals surface area (Å²) in [6.07, 6.45) is 1.12. The van der Waals surface area contributed by atoms with Crippen LogP contribution >= 0.6 is 0 Å². The third-order valence-electron chi connectivity index (χ3n) is 3.96. The molecule has 1 amide bonds. The van der Waals surface area contributed by atoms with E-state index in [0.29, 0.717) is 12.3 Å². The number of benzene rings is 2. The van der Waals surface area contributed by atoms with Crippen molar-refractivity contribution in [2.75, 3.05) is 6.61 Å². The van der Waals surface area contributed by atoms with E-state index < -0.39 is 0 Å². The first-order valence-electron chi connectivity index (χ1n) is 8.40. The average Bonchev–Trinajstić information content (AvgIpc) is 2.57. The van der Waals surface area contributed by atoms with Crippen molar-refractivity contribution >= 4 is 22.6 Å². The first-order valence-corrected chi connectivity index (χ1v) is 8.40. The zero-order valence-corrected chi connectivity index (χ0v) is 14.5. The molecule has 4 heteroatoms. The van der Waals surface area contributed by atoms with Gasteiger partial charge in [0.1, 0.15) is 0 Å². The SMILES string of the molecule is CC(C)CCC(=O)OCC(=O)N[C@H](C)c1cccc2ccccc12. The van der Waals surface area contributed by atoms with Crippen LogP contribution in [0.5, 0.6) is 0 Å². The predicted molar refractivity (Wildman–Crippen MR) is 95.5 cm³/mol. The van der Waals surface area contributed by atoms with Crippen LogP contribution in [0.3, 0.4) is 0 Å². The summed E-state index contributed by atoms with van der Waals surface area (Å²) in [4.78, 5) is 23.6. The number of fused-ring (bicyclic) bond motifs is 1. The maximum absolute atomic E-state index is 12.0. The number of hydrogen-bond acceptors (Lipinski definition) is 3. The molecule has 0 unspecified atom stereocenters. The number of esters is 1. The van der Waals surface area contributed by atoms with Crippen LogP contribution in [0.4, 0.5) is 0 Å². The fourth-order valence-electron chi connectivity index (χ4n) is 2.61. The number of rotatable bonds is 7. The molecule has 1 N–H and O–H groups in total. The van der Waals surface area contributed by atoms with Gasteiger partial charge in [-0.05, 0) is 35.6 Å². The second-order valence-corrected chi connectivity index (χ2v) is 6.45. The Labute approximate surface area is 143 Å². The van der Waals surface area contributed by atoms with Crippen molar-refractivity contribution in [3.63, 3.8) is 0 Å². The molecule has 0 radical (unpaired) electrons. The van der Waals surface area contributed by atoms with Crippen molar-refractivity contribution in [2.24, 2.45) is 5.92 Å². The Morgan fingerprint density at radius 1 is 1.04 bits per heavy atom. The van der Waals surface area contributed by atoms with Gasteiger partial charge in [0, 0.05) is 6.42 Å². The Hall–Kier alpha value is -2.36. The summed E-state index contributed by atoms with van der Waals surface area (Å²) in [5, 5.41) is 5.14.